The summed E-state index contributed by atoms with van der Waals surface area (Å²) in [7, 11) is 0. The van der Waals surface area contributed by atoms with Gasteiger partial charge in [-0.1, -0.05) is 18.8 Å². The number of amides is 2. The van der Waals surface area contributed by atoms with E-state index in [1.54, 1.807) is 0 Å². The van der Waals surface area contributed by atoms with E-state index < -0.39 is 12.3 Å². The molecule has 0 aromatic carbocycles. The summed E-state index contributed by atoms with van der Waals surface area (Å²) in [5, 5.41) is 14.0. The van der Waals surface area contributed by atoms with Crippen LogP contribution in [-0.2, 0) is 0 Å². The minimum Gasteiger partial charge on any atom is -0.369 e. The molecule has 4 heteroatoms. The van der Waals surface area contributed by atoms with E-state index >= 15 is 0 Å². The molecule has 1 aliphatic rings. The summed E-state index contributed by atoms with van der Waals surface area (Å²) in [4.78, 5) is 10.7. The van der Waals surface area contributed by atoms with Gasteiger partial charge in [0.15, 0.2) is 6.23 Å². The van der Waals surface area contributed by atoms with Crippen molar-refractivity contribution in [3.05, 3.63) is 11.8 Å². The van der Waals surface area contributed by atoms with Crippen LogP contribution in [0.5, 0.6) is 0 Å². The maximum absolute atomic E-state index is 10.7. The monoisotopic (exact) mass is 180 g/mol. The first-order valence-electron chi connectivity index (χ1n) is 4.18. The Kier molecular flexibility index (Phi) is 3.35. The average molecular weight is 180 g/mol. The van der Waals surface area contributed by atoms with Crippen LogP contribution in [0, 0.1) is 11.8 Å². The number of urea groups is 1. The zero-order valence-electron chi connectivity index (χ0n) is 7.42. The van der Waals surface area contributed by atoms with E-state index in [1.165, 1.54) is 6.20 Å². The number of unbranched alkanes of at least 4 members (excludes halogenated alkanes) is 1. The van der Waals surface area contributed by atoms with Crippen molar-refractivity contribution < 1.29 is 9.90 Å². The van der Waals surface area contributed by atoms with E-state index in [9.17, 15) is 9.90 Å². The summed E-state index contributed by atoms with van der Waals surface area (Å²) in [5.74, 6) is 5.66. The third kappa shape index (κ3) is 2.80. The molecule has 0 aliphatic carbocycles. The van der Waals surface area contributed by atoms with E-state index in [4.69, 9.17) is 0 Å². The normalized spacial score (nSPS) is 20.6. The Morgan fingerprint density at radius 3 is 3.08 bits per heavy atom. The molecule has 1 rings (SSSR count). The van der Waals surface area contributed by atoms with Crippen LogP contribution in [0.25, 0.3) is 0 Å². The summed E-state index contributed by atoms with van der Waals surface area (Å²) >= 11 is 0. The Hall–Kier alpha value is -1.47. The van der Waals surface area contributed by atoms with Crippen molar-refractivity contribution in [1.29, 1.82) is 0 Å². The molecule has 0 bridgehead atoms. The lowest BCUT2D eigenvalue weighted by Crippen LogP contribution is -2.45. The zero-order chi connectivity index (χ0) is 9.68. The van der Waals surface area contributed by atoms with E-state index in [1.807, 2.05) is 6.92 Å². The minimum atomic E-state index is -0.974. The molecule has 2 amide bonds. The first-order valence-corrected chi connectivity index (χ1v) is 4.18. The molecule has 0 aromatic heterocycles. The smallest absolute Gasteiger partial charge is 0.321 e. The second-order valence-corrected chi connectivity index (χ2v) is 2.67. The molecule has 1 aliphatic heterocycles. The van der Waals surface area contributed by atoms with E-state index in [0.29, 0.717) is 5.57 Å². The maximum atomic E-state index is 10.7. The molecule has 1 atom stereocenters. The Bertz CT molecular complexity index is 286. The first kappa shape index (κ1) is 9.62. The van der Waals surface area contributed by atoms with Crippen LogP contribution in [0.3, 0.4) is 0 Å². The van der Waals surface area contributed by atoms with E-state index in [0.717, 1.165) is 12.8 Å². The molecule has 0 radical (unpaired) electrons. The fraction of sp³-hybridized carbons (Fsp3) is 0.444. The molecule has 0 fully saturated rings. The number of aliphatic hydroxyl groups is 1. The topological polar surface area (TPSA) is 61.4 Å². The molecular weight excluding hydrogens is 168 g/mol. The Labute approximate surface area is 77.0 Å². The number of nitrogens with one attached hydrogen (secondary N) is 2. The quantitative estimate of drug-likeness (QED) is 0.508. The Morgan fingerprint density at radius 1 is 1.69 bits per heavy atom. The molecular formula is C9H12N2O2. The summed E-state index contributed by atoms with van der Waals surface area (Å²) in [6, 6.07) is -0.409. The van der Waals surface area contributed by atoms with Gasteiger partial charge in [-0.05, 0) is 6.42 Å². The number of carbonyl (C=O) groups is 1. The van der Waals surface area contributed by atoms with E-state index in [2.05, 4.69) is 22.5 Å². The van der Waals surface area contributed by atoms with Crippen LogP contribution in [0.1, 0.15) is 19.8 Å². The maximum Gasteiger partial charge on any atom is 0.321 e. The average Bonchev–Trinajstić information content (AvgIpc) is 2.09. The number of aliphatic hydroxyl groups excluding tert-OH is 1. The van der Waals surface area contributed by atoms with Gasteiger partial charge >= 0.3 is 6.03 Å². The lowest BCUT2D eigenvalue weighted by molar-refractivity contribution is 0.169. The van der Waals surface area contributed by atoms with Crippen molar-refractivity contribution in [1.82, 2.24) is 10.6 Å². The van der Waals surface area contributed by atoms with Gasteiger partial charge in [0.05, 0.1) is 5.57 Å². The molecule has 70 valence electrons. The highest BCUT2D eigenvalue weighted by Crippen LogP contribution is 2.00. The van der Waals surface area contributed by atoms with Gasteiger partial charge in [0, 0.05) is 12.6 Å². The van der Waals surface area contributed by atoms with Crippen LogP contribution in [0.2, 0.25) is 0 Å². The second-order valence-electron chi connectivity index (χ2n) is 2.67. The van der Waals surface area contributed by atoms with Crippen molar-refractivity contribution in [2.45, 2.75) is 26.0 Å². The third-order valence-corrected chi connectivity index (χ3v) is 1.53. The van der Waals surface area contributed by atoms with Crippen LogP contribution >= 0.6 is 0 Å². The molecule has 1 unspecified atom stereocenters. The predicted molar refractivity (Wildman–Crippen MR) is 48.4 cm³/mol. The summed E-state index contributed by atoms with van der Waals surface area (Å²) in [6.45, 7) is 2.03. The van der Waals surface area contributed by atoms with Crippen molar-refractivity contribution in [2.24, 2.45) is 0 Å². The van der Waals surface area contributed by atoms with Crippen molar-refractivity contribution in [3.63, 3.8) is 0 Å². The molecule has 13 heavy (non-hydrogen) atoms. The van der Waals surface area contributed by atoms with E-state index in [-0.39, 0.29) is 0 Å². The van der Waals surface area contributed by atoms with Crippen molar-refractivity contribution >= 4 is 6.03 Å². The van der Waals surface area contributed by atoms with Crippen LogP contribution in [0.15, 0.2) is 11.8 Å². The molecule has 3 N–H and O–H groups in total. The Balaban J connectivity index is 2.60. The van der Waals surface area contributed by atoms with Crippen molar-refractivity contribution in [3.8, 4) is 11.8 Å². The largest absolute Gasteiger partial charge is 0.369 e. The van der Waals surface area contributed by atoms with Crippen LogP contribution < -0.4 is 10.6 Å². The van der Waals surface area contributed by atoms with Gasteiger partial charge < -0.3 is 15.7 Å². The highest BCUT2D eigenvalue weighted by atomic mass is 16.3. The second kappa shape index (κ2) is 4.53. The van der Waals surface area contributed by atoms with Gasteiger partial charge in [-0.15, -0.1) is 0 Å². The summed E-state index contributed by atoms with van der Waals surface area (Å²) < 4.78 is 0. The lowest BCUT2D eigenvalue weighted by Gasteiger charge is -2.17. The fourth-order valence-electron chi connectivity index (χ4n) is 0.860. The molecule has 4 nitrogen and oxygen atoms in total. The summed E-state index contributed by atoms with van der Waals surface area (Å²) in [6.07, 6.45) is 2.22. The number of hydrogen-bond donors (Lipinski definition) is 3. The number of hydrogen-bond acceptors (Lipinski definition) is 2. The fourth-order valence-corrected chi connectivity index (χ4v) is 0.860. The van der Waals surface area contributed by atoms with Gasteiger partial charge in [0.25, 0.3) is 0 Å². The summed E-state index contributed by atoms with van der Waals surface area (Å²) in [5.41, 5.74) is 0.494. The van der Waals surface area contributed by atoms with Crippen molar-refractivity contribution in [2.75, 3.05) is 0 Å². The minimum absolute atomic E-state index is 0.409. The van der Waals surface area contributed by atoms with Gasteiger partial charge in [0.2, 0.25) is 0 Å². The highest BCUT2D eigenvalue weighted by Gasteiger charge is 2.16. The molecule has 1 heterocycles. The Morgan fingerprint density at radius 2 is 2.46 bits per heavy atom. The van der Waals surface area contributed by atoms with Gasteiger partial charge in [-0.25, -0.2) is 4.79 Å². The number of carbonyl (C=O) groups excluding carboxylic acids is 1. The van der Waals surface area contributed by atoms with Gasteiger partial charge in [-0.3, -0.25) is 0 Å². The molecule has 0 aromatic rings. The zero-order valence-corrected chi connectivity index (χ0v) is 7.42. The SMILES string of the molecule is CCCC#CC1=CNC(=O)NC1O. The van der Waals surface area contributed by atoms with Crippen LogP contribution in [0.4, 0.5) is 4.79 Å². The molecule has 0 spiro atoms. The van der Waals surface area contributed by atoms with Crippen LogP contribution in [-0.4, -0.2) is 17.4 Å². The van der Waals surface area contributed by atoms with Gasteiger partial charge in [-0.2, -0.15) is 0 Å². The molecule has 0 saturated heterocycles. The highest BCUT2D eigenvalue weighted by molar-refractivity contribution is 5.77. The molecule has 0 saturated carbocycles. The third-order valence-electron chi connectivity index (χ3n) is 1.53. The lowest BCUT2D eigenvalue weighted by atomic mass is 10.2. The predicted octanol–water partition coefficient (Wildman–Crippen LogP) is 0.305. The first-order chi connectivity index (χ1) is 6.24. The standard InChI is InChI=1S/C9H12N2O2/c1-2-3-4-5-7-6-10-9(13)11-8(7)12/h6,8,12H,2-3H2,1H3,(H2,10,11,13). The van der Waals surface area contributed by atoms with Gasteiger partial charge in [0.1, 0.15) is 0 Å². The number of rotatable bonds is 1.